The van der Waals surface area contributed by atoms with Gasteiger partial charge in [0.15, 0.2) is 0 Å². The van der Waals surface area contributed by atoms with Crippen LogP contribution in [0.3, 0.4) is 0 Å². The molecule has 0 radical (unpaired) electrons. The normalized spacial score (nSPS) is 22.9. The van der Waals surface area contributed by atoms with Crippen molar-refractivity contribution in [2.75, 3.05) is 13.1 Å². The van der Waals surface area contributed by atoms with Crippen LogP contribution in [0.5, 0.6) is 0 Å². The van der Waals surface area contributed by atoms with E-state index in [1.807, 2.05) is 4.90 Å². The van der Waals surface area contributed by atoms with Crippen LogP contribution in [0, 0.1) is 17.8 Å². The largest absolute Gasteiger partial charge is 0.342 e. The molecule has 0 aromatic rings. The zero-order chi connectivity index (χ0) is 10.7. The summed E-state index contributed by atoms with van der Waals surface area (Å²) in [5.41, 5.74) is 0. The van der Waals surface area contributed by atoms with Gasteiger partial charge in [0.1, 0.15) is 0 Å². The van der Waals surface area contributed by atoms with E-state index in [4.69, 9.17) is 0 Å². The molecule has 1 heterocycles. The molecular formula is C12H23NO. The number of amides is 1. The number of carbonyl (C=O) groups excluding carboxylic acids is 1. The maximum Gasteiger partial charge on any atom is 0.222 e. The lowest BCUT2D eigenvalue weighted by atomic mass is 9.96. The number of hydrogen-bond donors (Lipinski definition) is 0. The van der Waals surface area contributed by atoms with E-state index < -0.39 is 0 Å². The van der Waals surface area contributed by atoms with E-state index in [9.17, 15) is 4.79 Å². The maximum atomic E-state index is 11.6. The Balaban J connectivity index is 2.39. The molecule has 0 aromatic heterocycles. The number of nitrogens with zero attached hydrogens (tertiary/aromatic N) is 1. The van der Waals surface area contributed by atoms with Crippen molar-refractivity contribution in [3.8, 4) is 0 Å². The summed E-state index contributed by atoms with van der Waals surface area (Å²) in [4.78, 5) is 13.7. The minimum atomic E-state index is 0.365. The molecule has 0 aromatic carbocycles. The monoisotopic (exact) mass is 197 g/mol. The predicted molar refractivity (Wildman–Crippen MR) is 59.0 cm³/mol. The quantitative estimate of drug-likeness (QED) is 0.678. The molecule has 0 N–H and O–H groups in total. The van der Waals surface area contributed by atoms with Crippen molar-refractivity contribution >= 4 is 5.91 Å². The molecule has 1 rings (SSSR count). The zero-order valence-electron chi connectivity index (χ0n) is 9.92. The lowest BCUT2D eigenvalue weighted by Gasteiger charge is -2.19. The van der Waals surface area contributed by atoms with Crippen molar-refractivity contribution in [2.45, 2.75) is 40.5 Å². The summed E-state index contributed by atoms with van der Waals surface area (Å²) in [5, 5.41) is 0. The molecule has 2 heteroatoms. The summed E-state index contributed by atoms with van der Waals surface area (Å²) in [6.45, 7) is 10.7. The van der Waals surface area contributed by atoms with E-state index in [1.54, 1.807) is 0 Å². The number of hydrogen-bond acceptors (Lipinski definition) is 1. The summed E-state index contributed by atoms with van der Waals surface area (Å²) in [7, 11) is 0. The molecular weight excluding hydrogens is 174 g/mol. The SMILES string of the molecule is CC(C)CC1CC(=O)N(CC(C)C)C1. The van der Waals surface area contributed by atoms with Crippen LogP contribution in [-0.2, 0) is 4.79 Å². The second-order valence-corrected chi connectivity index (χ2v) is 5.39. The van der Waals surface area contributed by atoms with E-state index in [0.29, 0.717) is 23.7 Å². The van der Waals surface area contributed by atoms with Crippen molar-refractivity contribution in [3.05, 3.63) is 0 Å². The third-order valence-corrected chi connectivity index (χ3v) is 2.68. The van der Waals surface area contributed by atoms with Gasteiger partial charge in [0.25, 0.3) is 0 Å². The van der Waals surface area contributed by atoms with Gasteiger partial charge in [-0.1, -0.05) is 27.7 Å². The first-order valence-electron chi connectivity index (χ1n) is 5.76. The average molecular weight is 197 g/mol. The van der Waals surface area contributed by atoms with Crippen LogP contribution in [0.25, 0.3) is 0 Å². The van der Waals surface area contributed by atoms with Crippen molar-refractivity contribution in [1.29, 1.82) is 0 Å². The molecule has 14 heavy (non-hydrogen) atoms. The van der Waals surface area contributed by atoms with Crippen LogP contribution in [0.1, 0.15) is 40.5 Å². The van der Waals surface area contributed by atoms with Crippen LogP contribution in [0.2, 0.25) is 0 Å². The van der Waals surface area contributed by atoms with E-state index in [0.717, 1.165) is 19.5 Å². The van der Waals surface area contributed by atoms with E-state index in [1.165, 1.54) is 6.42 Å². The summed E-state index contributed by atoms with van der Waals surface area (Å²) in [6.07, 6.45) is 1.98. The van der Waals surface area contributed by atoms with E-state index in [2.05, 4.69) is 27.7 Å². The molecule has 1 aliphatic heterocycles. The summed E-state index contributed by atoms with van der Waals surface area (Å²) in [5.74, 6) is 2.29. The smallest absolute Gasteiger partial charge is 0.222 e. The standard InChI is InChI=1S/C12H23NO/c1-9(2)5-11-6-12(14)13(8-11)7-10(3)4/h9-11H,5-8H2,1-4H3. The highest BCUT2D eigenvalue weighted by molar-refractivity contribution is 5.78. The lowest BCUT2D eigenvalue weighted by molar-refractivity contribution is -0.128. The molecule has 1 fully saturated rings. The van der Waals surface area contributed by atoms with Crippen molar-refractivity contribution < 1.29 is 4.79 Å². The van der Waals surface area contributed by atoms with Gasteiger partial charge in [-0.3, -0.25) is 4.79 Å². The van der Waals surface area contributed by atoms with Crippen LogP contribution in [0.15, 0.2) is 0 Å². The maximum absolute atomic E-state index is 11.6. The molecule has 1 atom stereocenters. The van der Waals surface area contributed by atoms with Crippen molar-refractivity contribution in [2.24, 2.45) is 17.8 Å². The van der Waals surface area contributed by atoms with E-state index in [-0.39, 0.29) is 0 Å². The molecule has 1 amide bonds. The lowest BCUT2D eigenvalue weighted by Crippen LogP contribution is -2.29. The Kier molecular flexibility index (Phi) is 3.97. The third kappa shape index (κ3) is 3.32. The van der Waals surface area contributed by atoms with Crippen molar-refractivity contribution in [3.63, 3.8) is 0 Å². The fourth-order valence-electron chi connectivity index (χ4n) is 2.30. The molecule has 0 saturated carbocycles. The molecule has 1 unspecified atom stereocenters. The van der Waals surface area contributed by atoms with Crippen LogP contribution in [0.4, 0.5) is 0 Å². The second kappa shape index (κ2) is 4.81. The fourth-order valence-corrected chi connectivity index (χ4v) is 2.30. The van der Waals surface area contributed by atoms with Crippen LogP contribution in [-0.4, -0.2) is 23.9 Å². The molecule has 0 spiro atoms. The highest BCUT2D eigenvalue weighted by atomic mass is 16.2. The first-order valence-corrected chi connectivity index (χ1v) is 5.76. The Morgan fingerprint density at radius 3 is 2.43 bits per heavy atom. The topological polar surface area (TPSA) is 20.3 Å². The Morgan fingerprint density at radius 1 is 1.29 bits per heavy atom. The number of rotatable bonds is 4. The van der Waals surface area contributed by atoms with Gasteiger partial charge in [-0.05, 0) is 24.2 Å². The molecule has 82 valence electrons. The first-order chi connectivity index (χ1) is 6.49. The molecule has 2 nitrogen and oxygen atoms in total. The molecule has 1 aliphatic rings. The number of likely N-dealkylation sites (tertiary alicyclic amines) is 1. The summed E-state index contributed by atoms with van der Waals surface area (Å²) >= 11 is 0. The van der Waals surface area contributed by atoms with Gasteiger partial charge in [0.05, 0.1) is 0 Å². The van der Waals surface area contributed by atoms with Crippen LogP contribution >= 0.6 is 0 Å². The Bertz CT molecular complexity index is 198. The van der Waals surface area contributed by atoms with Crippen LogP contribution < -0.4 is 0 Å². The van der Waals surface area contributed by atoms with E-state index >= 15 is 0 Å². The van der Waals surface area contributed by atoms with Gasteiger partial charge in [0.2, 0.25) is 5.91 Å². The van der Waals surface area contributed by atoms with Gasteiger partial charge in [-0.2, -0.15) is 0 Å². The van der Waals surface area contributed by atoms with Crippen molar-refractivity contribution in [1.82, 2.24) is 4.90 Å². The fraction of sp³-hybridized carbons (Fsp3) is 0.917. The first kappa shape index (κ1) is 11.5. The Hall–Kier alpha value is -0.530. The second-order valence-electron chi connectivity index (χ2n) is 5.39. The predicted octanol–water partition coefficient (Wildman–Crippen LogP) is 2.54. The molecule has 1 saturated heterocycles. The molecule has 0 bridgehead atoms. The third-order valence-electron chi connectivity index (χ3n) is 2.68. The Labute approximate surface area is 87.7 Å². The molecule has 0 aliphatic carbocycles. The van der Waals surface area contributed by atoms with Gasteiger partial charge in [-0.25, -0.2) is 0 Å². The number of carbonyl (C=O) groups is 1. The van der Waals surface area contributed by atoms with Gasteiger partial charge < -0.3 is 4.90 Å². The Morgan fingerprint density at radius 2 is 1.93 bits per heavy atom. The highest BCUT2D eigenvalue weighted by Gasteiger charge is 2.29. The summed E-state index contributed by atoms with van der Waals surface area (Å²) < 4.78 is 0. The highest BCUT2D eigenvalue weighted by Crippen LogP contribution is 2.24. The summed E-state index contributed by atoms with van der Waals surface area (Å²) in [6, 6.07) is 0. The minimum absolute atomic E-state index is 0.365. The zero-order valence-corrected chi connectivity index (χ0v) is 9.92. The van der Waals surface area contributed by atoms with Gasteiger partial charge in [-0.15, -0.1) is 0 Å². The van der Waals surface area contributed by atoms with Gasteiger partial charge in [0, 0.05) is 19.5 Å². The minimum Gasteiger partial charge on any atom is -0.342 e. The van der Waals surface area contributed by atoms with Gasteiger partial charge >= 0.3 is 0 Å². The average Bonchev–Trinajstić information content (AvgIpc) is 2.28.